The molecule has 1 saturated carbocycles. The van der Waals surface area contributed by atoms with E-state index < -0.39 is 0 Å². The van der Waals surface area contributed by atoms with Crippen LogP contribution in [0.15, 0.2) is 23.3 Å². The second kappa shape index (κ2) is 10.9. The highest BCUT2D eigenvalue weighted by atomic mass is 16.5. The van der Waals surface area contributed by atoms with Crippen molar-refractivity contribution in [3.05, 3.63) is 23.9 Å². The Morgan fingerprint density at radius 1 is 1.25 bits per heavy atom. The van der Waals surface area contributed by atoms with E-state index in [1.54, 1.807) is 7.11 Å². The van der Waals surface area contributed by atoms with Crippen molar-refractivity contribution in [3.8, 4) is 5.88 Å². The molecule has 0 bridgehead atoms. The molecule has 1 aromatic rings. The number of aliphatic imine (C=N–C) groups is 1. The zero-order valence-electron chi connectivity index (χ0n) is 14.9. The zero-order chi connectivity index (χ0) is 17.0. The molecule has 0 unspecified atom stereocenters. The fourth-order valence-corrected chi connectivity index (χ4v) is 2.75. The monoisotopic (exact) mass is 334 g/mol. The number of guanidine groups is 1. The van der Waals surface area contributed by atoms with Crippen LogP contribution in [0.25, 0.3) is 0 Å². The first-order chi connectivity index (χ1) is 11.8. The topological polar surface area (TPSA) is 67.8 Å². The third-order valence-electron chi connectivity index (χ3n) is 4.04. The first-order valence-corrected chi connectivity index (χ1v) is 8.93. The fraction of sp³-hybridized carbons (Fsp3) is 0.667. The van der Waals surface area contributed by atoms with Crippen LogP contribution in [0.5, 0.6) is 5.88 Å². The van der Waals surface area contributed by atoms with Gasteiger partial charge in [-0.25, -0.2) is 9.98 Å². The van der Waals surface area contributed by atoms with Gasteiger partial charge in [0.15, 0.2) is 5.96 Å². The summed E-state index contributed by atoms with van der Waals surface area (Å²) < 4.78 is 10.4. The van der Waals surface area contributed by atoms with Crippen LogP contribution in [0.1, 0.15) is 44.6 Å². The molecule has 0 aromatic carbocycles. The second-order valence-corrected chi connectivity index (χ2v) is 6.02. The zero-order valence-corrected chi connectivity index (χ0v) is 14.9. The molecule has 6 heteroatoms. The highest BCUT2D eigenvalue weighted by Gasteiger charge is 2.14. The molecule has 1 aliphatic rings. The molecule has 24 heavy (non-hydrogen) atoms. The normalized spacial score (nSPS) is 16.0. The third-order valence-corrected chi connectivity index (χ3v) is 4.04. The number of aromatic nitrogens is 1. The van der Waals surface area contributed by atoms with Gasteiger partial charge in [0.05, 0.1) is 13.2 Å². The average molecular weight is 334 g/mol. The van der Waals surface area contributed by atoms with E-state index in [1.165, 1.54) is 32.1 Å². The van der Waals surface area contributed by atoms with Crippen LogP contribution in [-0.4, -0.2) is 43.9 Å². The summed E-state index contributed by atoms with van der Waals surface area (Å²) in [6, 6.07) is 4.43. The van der Waals surface area contributed by atoms with Crippen LogP contribution in [-0.2, 0) is 11.3 Å². The standard InChI is InChI=1S/C18H30N4O2/c1-3-19-18(22-16-7-5-4-6-8-16)21-14-15-9-10-17(20-13-15)24-12-11-23-2/h9-10,13,16H,3-8,11-12,14H2,1-2H3,(H2,19,21,22). The minimum Gasteiger partial charge on any atom is -0.475 e. The summed E-state index contributed by atoms with van der Waals surface area (Å²) in [5, 5.41) is 6.88. The maximum absolute atomic E-state index is 5.47. The molecule has 134 valence electrons. The molecule has 1 heterocycles. The Labute approximate surface area is 145 Å². The van der Waals surface area contributed by atoms with Gasteiger partial charge in [0.25, 0.3) is 0 Å². The fourth-order valence-electron chi connectivity index (χ4n) is 2.75. The van der Waals surface area contributed by atoms with E-state index in [-0.39, 0.29) is 0 Å². The average Bonchev–Trinajstić information content (AvgIpc) is 2.62. The summed E-state index contributed by atoms with van der Waals surface area (Å²) in [6.45, 7) is 4.63. The SMILES string of the molecule is CCNC(=NCc1ccc(OCCOC)nc1)NC1CCCCC1. The highest BCUT2D eigenvalue weighted by molar-refractivity contribution is 5.80. The number of methoxy groups -OCH3 is 1. The van der Waals surface area contributed by atoms with Crippen LogP contribution in [0, 0.1) is 0 Å². The summed E-state index contributed by atoms with van der Waals surface area (Å²) in [4.78, 5) is 8.98. The van der Waals surface area contributed by atoms with Crippen LogP contribution >= 0.6 is 0 Å². The van der Waals surface area contributed by atoms with Gasteiger partial charge in [0, 0.05) is 32.0 Å². The van der Waals surface area contributed by atoms with Crippen molar-refractivity contribution in [1.82, 2.24) is 15.6 Å². The Bertz CT molecular complexity index is 484. The van der Waals surface area contributed by atoms with Gasteiger partial charge >= 0.3 is 0 Å². The number of nitrogens with zero attached hydrogens (tertiary/aromatic N) is 2. The Morgan fingerprint density at radius 3 is 2.75 bits per heavy atom. The number of hydrogen-bond acceptors (Lipinski definition) is 4. The lowest BCUT2D eigenvalue weighted by molar-refractivity contribution is 0.143. The first kappa shape index (κ1) is 18.5. The van der Waals surface area contributed by atoms with E-state index in [0.717, 1.165) is 18.1 Å². The molecule has 1 fully saturated rings. The third kappa shape index (κ3) is 6.74. The van der Waals surface area contributed by atoms with Crippen LogP contribution in [0.4, 0.5) is 0 Å². The lowest BCUT2D eigenvalue weighted by Gasteiger charge is -2.24. The minimum absolute atomic E-state index is 0.511. The van der Waals surface area contributed by atoms with Crippen LogP contribution in [0.2, 0.25) is 0 Å². The molecule has 1 aromatic heterocycles. The van der Waals surface area contributed by atoms with Gasteiger partial charge in [-0.2, -0.15) is 0 Å². The molecule has 0 aliphatic heterocycles. The first-order valence-electron chi connectivity index (χ1n) is 8.93. The van der Waals surface area contributed by atoms with E-state index in [9.17, 15) is 0 Å². The number of ether oxygens (including phenoxy) is 2. The van der Waals surface area contributed by atoms with E-state index in [0.29, 0.717) is 31.7 Å². The Balaban J connectivity index is 1.85. The number of hydrogen-bond donors (Lipinski definition) is 2. The van der Waals surface area contributed by atoms with E-state index in [2.05, 4.69) is 27.5 Å². The van der Waals surface area contributed by atoms with Crippen LogP contribution in [0.3, 0.4) is 0 Å². The molecule has 2 N–H and O–H groups in total. The quantitative estimate of drug-likeness (QED) is 0.434. The van der Waals surface area contributed by atoms with Gasteiger partial charge in [-0.05, 0) is 25.3 Å². The molecule has 2 rings (SSSR count). The second-order valence-electron chi connectivity index (χ2n) is 6.02. The van der Waals surface area contributed by atoms with E-state index in [1.807, 2.05) is 18.3 Å². The molecule has 1 aliphatic carbocycles. The van der Waals surface area contributed by atoms with Crippen molar-refractivity contribution in [2.75, 3.05) is 26.9 Å². The van der Waals surface area contributed by atoms with Crippen molar-refractivity contribution in [3.63, 3.8) is 0 Å². The predicted molar refractivity (Wildman–Crippen MR) is 96.4 cm³/mol. The van der Waals surface area contributed by atoms with E-state index >= 15 is 0 Å². The summed E-state index contributed by atoms with van der Waals surface area (Å²) in [5.74, 6) is 1.51. The van der Waals surface area contributed by atoms with Crippen molar-refractivity contribution in [2.24, 2.45) is 4.99 Å². The Morgan fingerprint density at radius 2 is 2.08 bits per heavy atom. The Kier molecular flexibility index (Phi) is 8.38. The summed E-state index contributed by atoms with van der Waals surface area (Å²) >= 11 is 0. The smallest absolute Gasteiger partial charge is 0.213 e. The number of nitrogens with one attached hydrogen (secondary N) is 2. The summed E-state index contributed by atoms with van der Waals surface area (Å²) in [6.07, 6.45) is 8.27. The predicted octanol–water partition coefficient (Wildman–Crippen LogP) is 2.49. The molecule has 6 nitrogen and oxygen atoms in total. The van der Waals surface area contributed by atoms with Crippen molar-refractivity contribution in [2.45, 2.75) is 51.6 Å². The molecule has 0 amide bonds. The van der Waals surface area contributed by atoms with Gasteiger partial charge in [-0.1, -0.05) is 25.3 Å². The maximum atomic E-state index is 5.47. The molecule has 0 saturated heterocycles. The van der Waals surface area contributed by atoms with E-state index in [4.69, 9.17) is 9.47 Å². The van der Waals surface area contributed by atoms with Gasteiger partial charge in [0.2, 0.25) is 5.88 Å². The largest absolute Gasteiger partial charge is 0.475 e. The van der Waals surface area contributed by atoms with Gasteiger partial charge in [0.1, 0.15) is 6.61 Å². The molecular weight excluding hydrogens is 304 g/mol. The van der Waals surface area contributed by atoms with Gasteiger partial charge in [-0.15, -0.1) is 0 Å². The van der Waals surface area contributed by atoms with Crippen LogP contribution < -0.4 is 15.4 Å². The van der Waals surface area contributed by atoms with Crippen molar-refractivity contribution < 1.29 is 9.47 Å². The lowest BCUT2D eigenvalue weighted by atomic mass is 9.96. The molecular formula is C18H30N4O2. The molecule has 0 spiro atoms. The van der Waals surface area contributed by atoms with Gasteiger partial charge in [-0.3, -0.25) is 0 Å². The minimum atomic E-state index is 0.511. The number of rotatable bonds is 8. The van der Waals surface area contributed by atoms with Crippen molar-refractivity contribution >= 4 is 5.96 Å². The summed E-state index contributed by atoms with van der Waals surface area (Å²) in [5.41, 5.74) is 1.06. The lowest BCUT2D eigenvalue weighted by Crippen LogP contribution is -2.44. The van der Waals surface area contributed by atoms with Gasteiger partial charge < -0.3 is 20.1 Å². The number of pyridine rings is 1. The Hall–Kier alpha value is -1.82. The van der Waals surface area contributed by atoms with Crippen molar-refractivity contribution in [1.29, 1.82) is 0 Å². The summed E-state index contributed by atoms with van der Waals surface area (Å²) in [7, 11) is 1.65. The molecule has 0 atom stereocenters. The molecule has 0 radical (unpaired) electrons. The maximum Gasteiger partial charge on any atom is 0.213 e. The highest BCUT2D eigenvalue weighted by Crippen LogP contribution is 2.17.